The Hall–Kier alpha value is -3.16. The molecule has 1 aliphatic rings. The molecule has 0 atom stereocenters. The summed E-state index contributed by atoms with van der Waals surface area (Å²) in [7, 11) is 0. The van der Waals surface area contributed by atoms with Crippen LogP contribution in [0.15, 0.2) is 82.2 Å². The summed E-state index contributed by atoms with van der Waals surface area (Å²) in [5, 5.41) is 0.669. The summed E-state index contributed by atoms with van der Waals surface area (Å²) in [6, 6.07) is 22.1. The number of imide groups is 1. The zero-order valence-corrected chi connectivity index (χ0v) is 20.7. The molecule has 1 aliphatic heterocycles. The molecule has 0 unspecified atom stereocenters. The lowest BCUT2D eigenvalue weighted by Crippen LogP contribution is -2.27. The molecule has 170 valence electrons. The minimum absolute atomic E-state index is 0.226. The third-order valence-electron chi connectivity index (χ3n) is 5.97. The molecule has 1 aromatic heterocycles. The van der Waals surface area contributed by atoms with Crippen LogP contribution in [0.2, 0.25) is 0 Å². The van der Waals surface area contributed by atoms with Gasteiger partial charge in [-0.2, -0.15) is 0 Å². The Balaban J connectivity index is 1.51. The Morgan fingerprint density at radius 3 is 2.41 bits per heavy atom. The number of hydrogen-bond acceptors (Lipinski definition) is 3. The van der Waals surface area contributed by atoms with E-state index in [4.69, 9.17) is 0 Å². The van der Waals surface area contributed by atoms with Crippen molar-refractivity contribution in [2.75, 3.05) is 0 Å². The van der Waals surface area contributed by atoms with Gasteiger partial charge in [0, 0.05) is 32.2 Å². The van der Waals surface area contributed by atoms with Crippen LogP contribution in [0.25, 0.3) is 17.0 Å². The maximum absolute atomic E-state index is 14.4. The number of thioether (sulfide) groups is 1. The van der Waals surface area contributed by atoms with E-state index in [-0.39, 0.29) is 23.5 Å². The summed E-state index contributed by atoms with van der Waals surface area (Å²) in [6.45, 7) is 2.56. The number of para-hydroxylation sites is 1. The predicted molar refractivity (Wildman–Crippen MR) is 138 cm³/mol. The van der Waals surface area contributed by atoms with Gasteiger partial charge in [-0.1, -0.05) is 64.5 Å². The van der Waals surface area contributed by atoms with E-state index in [1.807, 2.05) is 66.1 Å². The van der Waals surface area contributed by atoms with Crippen LogP contribution < -0.4 is 0 Å². The van der Waals surface area contributed by atoms with Gasteiger partial charge in [-0.15, -0.1) is 0 Å². The summed E-state index contributed by atoms with van der Waals surface area (Å²) in [6.07, 6.45) is 1.79. The zero-order valence-electron chi connectivity index (χ0n) is 18.3. The van der Waals surface area contributed by atoms with Crippen molar-refractivity contribution >= 4 is 55.8 Å². The zero-order chi connectivity index (χ0) is 23.8. The molecular formula is C27H20BrFN2O2S. The van der Waals surface area contributed by atoms with Gasteiger partial charge >= 0.3 is 0 Å². The van der Waals surface area contributed by atoms with E-state index < -0.39 is 0 Å². The van der Waals surface area contributed by atoms with Crippen molar-refractivity contribution in [1.82, 2.24) is 9.47 Å². The maximum Gasteiger partial charge on any atom is 0.293 e. The molecule has 0 saturated carbocycles. The molecule has 0 radical (unpaired) electrons. The monoisotopic (exact) mass is 534 g/mol. The third-order valence-corrected chi connectivity index (χ3v) is 7.41. The van der Waals surface area contributed by atoms with Crippen molar-refractivity contribution in [3.63, 3.8) is 0 Å². The van der Waals surface area contributed by atoms with Gasteiger partial charge < -0.3 is 4.57 Å². The normalized spacial score (nSPS) is 15.1. The van der Waals surface area contributed by atoms with Crippen LogP contribution >= 0.6 is 27.7 Å². The number of nitrogens with zero attached hydrogens (tertiary/aromatic N) is 2. The fraction of sp³-hybridized carbons (Fsp3) is 0.111. The van der Waals surface area contributed by atoms with Gasteiger partial charge in [-0.25, -0.2) is 4.39 Å². The molecule has 1 saturated heterocycles. The summed E-state index contributed by atoms with van der Waals surface area (Å²) < 4.78 is 17.3. The minimum atomic E-state index is -0.303. The number of carbonyl (C=O) groups excluding carboxylic acids is 2. The number of halogens is 2. The summed E-state index contributed by atoms with van der Waals surface area (Å²) in [4.78, 5) is 27.5. The fourth-order valence-corrected chi connectivity index (χ4v) is 5.26. The smallest absolute Gasteiger partial charge is 0.293 e. The molecule has 0 N–H and O–H groups in total. The van der Waals surface area contributed by atoms with E-state index in [9.17, 15) is 14.0 Å². The van der Waals surface area contributed by atoms with Crippen LogP contribution in [-0.2, 0) is 17.9 Å². The van der Waals surface area contributed by atoms with E-state index in [1.165, 1.54) is 11.0 Å². The van der Waals surface area contributed by atoms with Gasteiger partial charge in [0.25, 0.3) is 11.1 Å². The number of amides is 2. The Labute approximate surface area is 209 Å². The number of carbonyl (C=O) groups is 2. The average molecular weight is 535 g/mol. The van der Waals surface area contributed by atoms with Crippen LogP contribution in [0.5, 0.6) is 0 Å². The maximum atomic E-state index is 14.4. The molecular weight excluding hydrogens is 515 g/mol. The van der Waals surface area contributed by atoms with E-state index in [0.717, 1.165) is 44.0 Å². The summed E-state index contributed by atoms with van der Waals surface area (Å²) in [5.41, 5.74) is 4.19. The molecule has 5 rings (SSSR count). The molecule has 0 spiro atoms. The summed E-state index contributed by atoms with van der Waals surface area (Å²) >= 11 is 4.35. The lowest BCUT2D eigenvalue weighted by atomic mass is 10.1. The standard InChI is InChI=1S/C27H20BrFN2O2S/c1-17-22(14-25-26(32)31(27(33)34-25)15-18-10-12-20(28)13-11-18)21-7-3-5-9-24(21)30(17)16-19-6-2-4-8-23(19)29/h2-14H,15-16H2,1H3. The number of fused-ring (bicyclic) bond motifs is 1. The molecule has 7 heteroatoms. The molecule has 3 aromatic carbocycles. The first-order valence-corrected chi connectivity index (χ1v) is 12.3. The fourth-order valence-electron chi connectivity index (χ4n) is 4.18. The number of aromatic nitrogens is 1. The van der Waals surface area contributed by atoms with E-state index in [1.54, 1.807) is 18.2 Å². The Morgan fingerprint density at radius 2 is 1.65 bits per heavy atom. The number of benzene rings is 3. The predicted octanol–water partition coefficient (Wildman–Crippen LogP) is 7.14. The van der Waals surface area contributed by atoms with Gasteiger partial charge in [0.2, 0.25) is 0 Å². The molecule has 34 heavy (non-hydrogen) atoms. The summed E-state index contributed by atoms with van der Waals surface area (Å²) in [5.74, 6) is -0.557. The molecule has 2 heterocycles. The second kappa shape index (κ2) is 9.24. The van der Waals surface area contributed by atoms with Crippen LogP contribution in [0, 0.1) is 12.7 Å². The first kappa shape index (κ1) is 22.6. The highest BCUT2D eigenvalue weighted by Gasteiger charge is 2.35. The molecule has 4 nitrogen and oxygen atoms in total. The van der Waals surface area contributed by atoms with Gasteiger partial charge in [-0.3, -0.25) is 14.5 Å². The van der Waals surface area contributed by atoms with Crippen molar-refractivity contribution in [1.29, 1.82) is 0 Å². The molecule has 0 bridgehead atoms. The molecule has 0 aliphatic carbocycles. The van der Waals surface area contributed by atoms with Crippen molar-refractivity contribution < 1.29 is 14.0 Å². The topological polar surface area (TPSA) is 42.3 Å². The minimum Gasteiger partial charge on any atom is -0.340 e. The van der Waals surface area contributed by atoms with E-state index in [2.05, 4.69) is 15.9 Å². The highest BCUT2D eigenvalue weighted by molar-refractivity contribution is 9.10. The molecule has 1 fully saturated rings. The van der Waals surface area contributed by atoms with Crippen molar-refractivity contribution in [2.45, 2.75) is 20.0 Å². The Kier molecular flexibility index (Phi) is 6.15. The highest BCUT2D eigenvalue weighted by Crippen LogP contribution is 2.36. The van der Waals surface area contributed by atoms with Crippen LogP contribution in [0.1, 0.15) is 22.4 Å². The van der Waals surface area contributed by atoms with E-state index >= 15 is 0 Å². The van der Waals surface area contributed by atoms with Gasteiger partial charge in [0.05, 0.1) is 18.0 Å². The van der Waals surface area contributed by atoms with Crippen LogP contribution in [0.3, 0.4) is 0 Å². The Bertz CT molecular complexity index is 1460. The van der Waals surface area contributed by atoms with Crippen molar-refractivity contribution in [2.24, 2.45) is 0 Å². The lowest BCUT2D eigenvalue weighted by Gasteiger charge is -2.12. The SMILES string of the molecule is Cc1c(C=C2SC(=O)N(Cc3ccc(Br)cc3)C2=O)c2ccccc2n1Cc1ccccc1F. The van der Waals surface area contributed by atoms with Gasteiger partial charge in [-0.05, 0) is 54.6 Å². The first-order valence-electron chi connectivity index (χ1n) is 10.7. The quantitative estimate of drug-likeness (QED) is 0.255. The van der Waals surface area contributed by atoms with Crippen molar-refractivity contribution in [3.05, 3.63) is 110 Å². The Morgan fingerprint density at radius 1 is 0.941 bits per heavy atom. The second-order valence-electron chi connectivity index (χ2n) is 8.09. The lowest BCUT2D eigenvalue weighted by molar-refractivity contribution is -0.123. The van der Waals surface area contributed by atoms with E-state index in [0.29, 0.717) is 17.0 Å². The number of rotatable bonds is 5. The number of hydrogen-bond donors (Lipinski definition) is 0. The van der Waals surface area contributed by atoms with Crippen molar-refractivity contribution in [3.8, 4) is 0 Å². The van der Waals surface area contributed by atoms with Crippen LogP contribution in [-0.4, -0.2) is 20.6 Å². The highest BCUT2D eigenvalue weighted by atomic mass is 79.9. The van der Waals surface area contributed by atoms with Crippen LogP contribution in [0.4, 0.5) is 9.18 Å². The van der Waals surface area contributed by atoms with Gasteiger partial charge in [0.15, 0.2) is 0 Å². The molecule has 4 aromatic rings. The largest absolute Gasteiger partial charge is 0.340 e. The second-order valence-corrected chi connectivity index (χ2v) is 10.00. The van der Waals surface area contributed by atoms with Gasteiger partial charge in [0.1, 0.15) is 5.82 Å². The average Bonchev–Trinajstić information content (AvgIpc) is 3.25. The molecule has 2 amide bonds. The third kappa shape index (κ3) is 4.21. The first-order chi connectivity index (χ1) is 16.4.